The van der Waals surface area contributed by atoms with Crippen LogP contribution in [-0.4, -0.2) is 12.2 Å². The predicted molar refractivity (Wildman–Crippen MR) is 22.3 cm³/mol. The second kappa shape index (κ2) is 1.96. The van der Waals surface area contributed by atoms with E-state index in [0.717, 1.165) is 0 Å². The van der Waals surface area contributed by atoms with Gasteiger partial charge in [0.25, 0.3) is 0 Å². The summed E-state index contributed by atoms with van der Waals surface area (Å²) in [6.45, 7) is 0. The number of rotatable bonds is 0. The van der Waals surface area contributed by atoms with Crippen LogP contribution in [0.25, 0.3) is 0 Å². The zero-order chi connectivity index (χ0) is 4.28. The summed E-state index contributed by atoms with van der Waals surface area (Å²) >= 11 is 4.03. The molecule has 5 heavy (non-hydrogen) atoms. The van der Waals surface area contributed by atoms with E-state index in [1.807, 2.05) is 0 Å². The molecule has 0 aromatic carbocycles. The number of hydrogen-bond donors (Lipinski definition) is 1. The van der Waals surface area contributed by atoms with Crippen molar-refractivity contribution in [1.82, 2.24) is 5.32 Å². The summed E-state index contributed by atoms with van der Waals surface area (Å²) in [6.07, 6.45) is 0. The second-order valence-corrected chi connectivity index (χ2v) is 0.908. The van der Waals surface area contributed by atoms with Crippen molar-refractivity contribution in [3.63, 3.8) is 0 Å². The van der Waals surface area contributed by atoms with E-state index in [9.17, 15) is 5.11 Å². The zero-order valence-corrected chi connectivity index (χ0v) is 3.63. The lowest BCUT2D eigenvalue weighted by Crippen LogP contribution is -2.11. The zero-order valence-electron chi connectivity index (χ0n) is 2.82. The smallest absolute Gasteiger partial charge is 0.310 e. The summed E-state index contributed by atoms with van der Waals surface area (Å²) in [5.41, 5.74) is 0. The highest BCUT2D eigenvalue weighted by Gasteiger charge is 1.75. The van der Waals surface area contributed by atoms with Crippen LogP contribution in [0.1, 0.15) is 0 Å². The van der Waals surface area contributed by atoms with Crippen LogP contribution in [0.2, 0.25) is 0 Å². The molecule has 0 aromatic heterocycles. The van der Waals surface area contributed by atoms with Gasteiger partial charge >= 0.3 is 5.17 Å². The summed E-state index contributed by atoms with van der Waals surface area (Å²) in [4.78, 5) is 0. The molecule has 0 heterocycles. The fourth-order valence-corrected chi connectivity index (χ4v) is 0. The molecule has 0 aliphatic heterocycles. The van der Waals surface area contributed by atoms with E-state index < -0.39 is 5.17 Å². The molecule has 0 unspecified atom stereocenters. The first kappa shape index (κ1) is 4.69. The molecule has 0 aliphatic carbocycles. The monoisotopic (exact) mass is 90.0 g/mol. The van der Waals surface area contributed by atoms with E-state index >= 15 is 0 Å². The van der Waals surface area contributed by atoms with Crippen molar-refractivity contribution in [2.24, 2.45) is 0 Å². The minimum atomic E-state index is -0.412. The first-order valence-electron chi connectivity index (χ1n) is 1.16. The van der Waals surface area contributed by atoms with Gasteiger partial charge in [-0.05, 0) is 12.2 Å². The van der Waals surface area contributed by atoms with Crippen molar-refractivity contribution in [3.8, 4) is 0 Å². The first-order chi connectivity index (χ1) is 2.27. The van der Waals surface area contributed by atoms with Crippen LogP contribution in [-0.2, 0) is 5.11 Å². The molecule has 0 spiro atoms. The molecule has 2 nitrogen and oxygen atoms in total. The maximum Gasteiger partial charge on any atom is 0.310 e. The van der Waals surface area contributed by atoms with Crippen LogP contribution in [0.15, 0.2) is 0 Å². The summed E-state index contributed by atoms with van der Waals surface area (Å²) in [6, 6.07) is 0. The van der Waals surface area contributed by atoms with Crippen LogP contribution in [0.4, 0.5) is 0 Å². The second-order valence-electron chi connectivity index (χ2n) is 0.537. The van der Waals surface area contributed by atoms with Crippen molar-refractivity contribution in [2.75, 3.05) is 7.05 Å². The molecule has 0 atom stereocenters. The molecular formula is C2H4NOS. The van der Waals surface area contributed by atoms with Gasteiger partial charge in [0, 0.05) is 7.05 Å². The summed E-state index contributed by atoms with van der Waals surface area (Å²) in [7, 11) is 1.50. The lowest BCUT2D eigenvalue weighted by Gasteiger charge is -1.78. The third-order valence-electron chi connectivity index (χ3n) is 0.204. The van der Waals surface area contributed by atoms with Crippen molar-refractivity contribution in [3.05, 3.63) is 0 Å². The average Bonchev–Trinajstić information content (AvgIpc) is 1.38. The Morgan fingerprint density at radius 2 is 2.20 bits per heavy atom. The lowest BCUT2D eigenvalue weighted by atomic mass is 11.2. The molecule has 0 fully saturated rings. The minimum Gasteiger partial charge on any atom is -0.346 e. The summed E-state index contributed by atoms with van der Waals surface area (Å²) in [5, 5.41) is 11.3. The van der Waals surface area contributed by atoms with Crippen molar-refractivity contribution >= 4 is 17.4 Å². The van der Waals surface area contributed by atoms with Gasteiger partial charge in [-0.25, -0.2) is 0 Å². The Morgan fingerprint density at radius 3 is 2.20 bits per heavy atom. The van der Waals surface area contributed by atoms with Gasteiger partial charge in [0.15, 0.2) is 0 Å². The van der Waals surface area contributed by atoms with Gasteiger partial charge < -0.3 is 5.32 Å². The maximum absolute atomic E-state index is 9.52. The van der Waals surface area contributed by atoms with Crippen molar-refractivity contribution in [1.29, 1.82) is 0 Å². The third-order valence-corrected chi connectivity index (χ3v) is 0.408. The standard InChI is InChI=1S/C2H4NOS/c1-3-2(4)5/h1H3,(H,3,5). The van der Waals surface area contributed by atoms with Crippen LogP contribution in [0.3, 0.4) is 0 Å². The van der Waals surface area contributed by atoms with Crippen LogP contribution in [0.5, 0.6) is 0 Å². The lowest BCUT2D eigenvalue weighted by molar-refractivity contribution is 0.421. The van der Waals surface area contributed by atoms with E-state index in [-0.39, 0.29) is 0 Å². The van der Waals surface area contributed by atoms with Gasteiger partial charge in [-0.3, -0.25) is 5.11 Å². The molecule has 3 heteroatoms. The highest BCUT2D eigenvalue weighted by molar-refractivity contribution is 7.79. The average molecular weight is 90.1 g/mol. The Balaban J connectivity index is 2.85. The maximum atomic E-state index is 9.52. The number of hydrogen-bond acceptors (Lipinski definition) is 1. The first-order valence-corrected chi connectivity index (χ1v) is 1.57. The van der Waals surface area contributed by atoms with Gasteiger partial charge in [0.05, 0.1) is 0 Å². The highest BCUT2D eigenvalue weighted by Crippen LogP contribution is 1.52. The van der Waals surface area contributed by atoms with Gasteiger partial charge in [0.1, 0.15) is 0 Å². The van der Waals surface area contributed by atoms with Crippen LogP contribution in [0, 0.1) is 0 Å². The van der Waals surface area contributed by atoms with Gasteiger partial charge in [-0.1, -0.05) is 0 Å². The predicted octanol–water partition coefficient (Wildman–Crippen LogP) is -0.0788. The number of thiocarbonyl (C=S) groups is 1. The van der Waals surface area contributed by atoms with Crippen molar-refractivity contribution < 1.29 is 5.11 Å². The fourth-order valence-electron chi connectivity index (χ4n) is 0. The van der Waals surface area contributed by atoms with E-state index in [4.69, 9.17) is 0 Å². The topological polar surface area (TPSA) is 31.9 Å². The molecule has 1 N–H and O–H groups in total. The summed E-state index contributed by atoms with van der Waals surface area (Å²) in [5.74, 6) is 0. The highest BCUT2D eigenvalue weighted by atomic mass is 32.1. The normalized spacial score (nSPS) is 6.60. The van der Waals surface area contributed by atoms with Crippen LogP contribution >= 0.6 is 12.2 Å². The molecule has 0 bridgehead atoms. The van der Waals surface area contributed by atoms with E-state index in [1.54, 1.807) is 0 Å². The van der Waals surface area contributed by atoms with Gasteiger partial charge in [-0.15, -0.1) is 0 Å². The van der Waals surface area contributed by atoms with Crippen LogP contribution < -0.4 is 5.32 Å². The SMILES string of the molecule is CNC([O])=S. The molecule has 29 valence electrons. The molecule has 0 saturated heterocycles. The number of nitrogens with one attached hydrogen (secondary N) is 1. The van der Waals surface area contributed by atoms with Crippen molar-refractivity contribution in [2.45, 2.75) is 0 Å². The quantitative estimate of drug-likeness (QED) is 0.422. The fraction of sp³-hybridized carbons (Fsp3) is 0.500. The Morgan fingerprint density at radius 1 is 2.00 bits per heavy atom. The Bertz CT molecular complexity index is 44.9. The van der Waals surface area contributed by atoms with E-state index in [1.165, 1.54) is 7.05 Å². The van der Waals surface area contributed by atoms with E-state index in [2.05, 4.69) is 17.5 Å². The molecule has 1 radical (unpaired) electrons. The Labute approximate surface area is 35.8 Å². The molecule has 0 aromatic rings. The van der Waals surface area contributed by atoms with E-state index in [0.29, 0.717) is 0 Å². The molecular weight excluding hydrogens is 86.1 g/mol. The molecule has 0 rings (SSSR count). The van der Waals surface area contributed by atoms with Gasteiger partial charge in [0.2, 0.25) is 0 Å². The third kappa shape index (κ3) is 3.69. The summed E-state index contributed by atoms with van der Waals surface area (Å²) < 4.78 is 0. The minimum absolute atomic E-state index is 0.412. The molecule has 0 amide bonds. The Kier molecular flexibility index (Phi) is 1.84. The van der Waals surface area contributed by atoms with Gasteiger partial charge in [-0.2, -0.15) is 0 Å². The molecule has 0 saturated carbocycles. The Hall–Kier alpha value is -0.310. The molecule has 0 aliphatic rings. The largest absolute Gasteiger partial charge is 0.346 e.